The minimum atomic E-state index is -1.80. The molecule has 0 bridgehead atoms. The molecule has 0 radical (unpaired) electrons. The summed E-state index contributed by atoms with van der Waals surface area (Å²) < 4.78 is 22.7. The van der Waals surface area contributed by atoms with Crippen LogP contribution in [0.25, 0.3) is 0 Å². The first-order valence-electron chi connectivity index (χ1n) is 27.8. The van der Waals surface area contributed by atoms with Gasteiger partial charge in [-0.15, -0.1) is 0 Å². The monoisotopic (exact) mass is 1020 g/mol. The molecule has 414 valence electrons. The third-order valence-corrected chi connectivity index (χ3v) is 13.0. The molecule has 0 aromatic carbocycles. The zero-order chi connectivity index (χ0) is 52.4. The third-order valence-electron chi connectivity index (χ3n) is 13.0. The topological polar surface area (TPSA) is 228 Å². The van der Waals surface area contributed by atoms with Crippen LogP contribution in [0.2, 0.25) is 0 Å². The highest BCUT2D eigenvalue weighted by atomic mass is 16.7. The Balaban J connectivity index is 1.85. The first-order chi connectivity index (χ1) is 35.1. The minimum Gasteiger partial charge on any atom is -0.394 e. The van der Waals surface area contributed by atoms with Crippen molar-refractivity contribution in [3.63, 3.8) is 0 Å². The Morgan fingerprint density at radius 1 is 0.514 bits per heavy atom. The number of carbonyl (C=O) groups excluding carboxylic acids is 1. The number of ether oxygens (including phenoxy) is 4. The van der Waals surface area contributed by atoms with Crippen molar-refractivity contribution in [3.8, 4) is 0 Å². The largest absolute Gasteiger partial charge is 0.394 e. The van der Waals surface area contributed by atoms with E-state index in [4.69, 9.17) is 18.9 Å². The van der Waals surface area contributed by atoms with Crippen LogP contribution in [0.3, 0.4) is 0 Å². The molecule has 0 aromatic heterocycles. The van der Waals surface area contributed by atoms with Crippen LogP contribution in [0.4, 0.5) is 0 Å². The fourth-order valence-electron chi connectivity index (χ4n) is 8.55. The molecular formula is C58H99NO13. The van der Waals surface area contributed by atoms with Crippen LogP contribution in [0.15, 0.2) is 85.1 Å². The van der Waals surface area contributed by atoms with Gasteiger partial charge in [-0.2, -0.15) is 0 Å². The van der Waals surface area contributed by atoms with Crippen molar-refractivity contribution < 1.29 is 64.6 Å². The predicted molar refractivity (Wildman–Crippen MR) is 286 cm³/mol. The summed E-state index contributed by atoms with van der Waals surface area (Å²) in [6, 6.07) is -0.950. The number of rotatable bonds is 42. The van der Waals surface area contributed by atoms with Crippen LogP contribution in [-0.2, 0) is 23.7 Å². The summed E-state index contributed by atoms with van der Waals surface area (Å²) in [5, 5.41) is 86.9. The smallest absolute Gasteiger partial charge is 0.220 e. The summed E-state index contributed by atoms with van der Waals surface area (Å²) in [5.74, 6) is -0.271. The van der Waals surface area contributed by atoms with E-state index in [0.29, 0.717) is 12.8 Å². The molecule has 2 heterocycles. The molecular weight excluding hydrogens is 919 g/mol. The lowest BCUT2D eigenvalue weighted by molar-refractivity contribution is -0.359. The first kappa shape index (κ1) is 65.3. The molecule has 2 fully saturated rings. The zero-order valence-electron chi connectivity index (χ0n) is 44.1. The lowest BCUT2D eigenvalue weighted by Crippen LogP contribution is -2.65. The SMILES string of the molecule is CC/C=C\C/C=C\C/C=C\C/C=C\CCCCCCCCC(=O)NC(COC1OC(CO)C(OC2OC(CO)C(O)C(O)C2O)C(O)C1O)C(O)/C=C/CC/C=C/CC/C=C/CCCCCCCCCCC. The molecule has 2 saturated heterocycles. The van der Waals surface area contributed by atoms with Crippen LogP contribution in [0.1, 0.15) is 181 Å². The molecule has 2 aliphatic heterocycles. The average Bonchev–Trinajstić information content (AvgIpc) is 3.38. The van der Waals surface area contributed by atoms with Crippen molar-refractivity contribution in [1.29, 1.82) is 0 Å². The molecule has 12 atom stereocenters. The molecule has 14 nitrogen and oxygen atoms in total. The van der Waals surface area contributed by atoms with E-state index < -0.39 is 86.8 Å². The number of hydrogen-bond acceptors (Lipinski definition) is 13. The fourth-order valence-corrected chi connectivity index (χ4v) is 8.55. The standard InChI is InChI=1S/C58H99NO13/c1-3-5-7-9-11-13-15-17-19-21-23-25-27-29-31-33-35-37-39-41-47(62)46(59-50(63)42-40-38-36-34-32-30-28-26-24-22-20-18-16-14-12-10-8-6-4-2)45-69-57-55(68)53(66)56(49(44-61)71-57)72-58-54(67)52(65)51(64)48(43-60)70-58/h6,8,12,14,18,20,23-26,31,33,39,41,46-49,51-58,60-62,64-68H,3-5,7,9-11,13,15-17,19,21-22,27-30,32,34-38,40,42-45H2,1-2H3,(H,59,63)/b8-6-,14-12-,20-18-,25-23+,26-24-,33-31+,41-39+. The van der Waals surface area contributed by atoms with Gasteiger partial charge in [0.1, 0.15) is 48.8 Å². The number of hydrogen-bond donors (Lipinski definition) is 9. The predicted octanol–water partition coefficient (Wildman–Crippen LogP) is 8.55. The maximum absolute atomic E-state index is 13.2. The summed E-state index contributed by atoms with van der Waals surface area (Å²) in [7, 11) is 0. The summed E-state index contributed by atoms with van der Waals surface area (Å²) >= 11 is 0. The number of aliphatic hydroxyl groups excluding tert-OH is 8. The third kappa shape index (κ3) is 29.3. The van der Waals surface area contributed by atoms with Crippen LogP contribution < -0.4 is 5.32 Å². The summed E-state index contributed by atoms with van der Waals surface area (Å²) in [5.41, 5.74) is 0. The van der Waals surface area contributed by atoms with Gasteiger partial charge in [-0.25, -0.2) is 0 Å². The maximum atomic E-state index is 13.2. The molecule has 72 heavy (non-hydrogen) atoms. The van der Waals surface area contributed by atoms with Gasteiger partial charge in [0.15, 0.2) is 12.6 Å². The highest BCUT2D eigenvalue weighted by molar-refractivity contribution is 5.76. The average molecular weight is 1020 g/mol. The van der Waals surface area contributed by atoms with E-state index in [-0.39, 0.29) is 18.9 Å². The first-order valence-corrected chi connectivity index (χ1v) is 27.8. The van der Waals surface area contributed by atoms with E-state index in [1.807, 2.05) is 6.08 Å². The number of unbranched alkanes of at least 4 members (excludes halogenated alkanes) is 17. The van der Waals surface area contributed by atoms with Crippen molar-refractivity contribution in [2.24, 2.45) is 0 Å². The molecule has 9 N–H and O–H groups in total. The van der Waals surface area contributed by atoms with E-state index in [0.717, 1.165) is 89.9 Å². The van der Waals surface area contributed by atoms with E-state index in [1.165, 1.54) is 57.8 Å². The van der Waals surface area contributed by atoms with Crippen LogP contribution in [0, 0.1) is 0 Å². The highest BCUT2D eigenvalue weighted by Crippen LogP contribution is 2.30. The minimum absolute atomic E-state index is 0.249. The number of nitrogens with one attached hydrogen (secondary N) is 1. The number of aliphatic hydroxyl groups is 8. The Hall–Kier alpha value is -2.83. The fraction of sp³-hybridized carbons (Fsp3) is 0.741. The summed E-state index contributed by atoms with van der Waals surface area (Å²) in [4.78, 5) is 13.2. The molecule has 2 aliphatic rings. The Labute approximate surface area is 433 Å². The Morgan fingerprint density at radius 3 is 1.53 bits per heavy atom. The number of allylic oxidation sites excluding steroid dienone is 13. The summed E-state index contributed by atoms with van der Waals surface area (Å²) in [6.45, 7) is 2.63. The Bertz CT molecular complexity index is 1530. The Morgan fingerprint density at radius 2 is 0.972 bits per heavy atom. The quantitative estimate of drug-likeness (QED) is 0.0207. The normalized spacial score (nSPS) is 26.2. The van der Waals surface area contributed by atoms with Crippen molar-refractivity contribution in [1.82, 2.24) is 5.32 Å². The molecule has 2 rings (SSSR count). The van der Waals surface area contributed by atoms with Crippen molar-refractivity contribution in [2.75, 3.05) is 19.8 Å². The summed E-state index contributed by atoms with van der Waals surface area (Å²) in [6.07, 6.45) is 40.4. The molecule has 12 unspecified atom stereocenters. The van der Waals surface area contributed by atoms with Crippen LogP contribution >= 0.6 is 0 Å². The van der Waals surface area contributed by atoms with Gasteiger partial charge in [0.25, 0.3) is 0 Å². The van der Waals surface area contributed by atoms with Gasteiger partial charge >= 0.3 is 0 Å². The Kier molecular flexibility index (Phi) is 39.4. The lowest BCUT2D eigenvalue weighted by atomic mass is 9.97. The van der Waals surface area contributed by atoms with Crippen LogP contribution in [-0.4, -0.2) is 140 Å². The van der Waals surface area contributed by atoms with Crippen molar-refractivity contribution in [2.45, 2.75) is 254 Å². The van der Waals surface area contributed by atoms with E-state index in [1.54, 1.807) is 6.08 Å². The molecule has 0 saturated carbocycles. The van der Waals surface area contributed by atoms with Crippen molar-refractivity contribution in [3.05, 3.63) is 85.1 Å². The van der Waals surface area contributed by atoms with Crippen molar-refractivity contribution >= 4 is 5.91 Å². The van der Waals surface area contributed by atoms with Gasteiger partial charge in [0, 0.05) is 6.42 Å². The maximum Gasteiger partial charge on any atom is 0.220 e. The highest BCUT2D eigenvalue weighted by Gasteiger charge is 2.51. The van der Waals surface area contributed by atoms with E-state index in [9.17, 15) is 45.6 Å². The van der Waals surface area contributed by atoms with Gasteiger partial charge in [-0.1, -0.05) is 176 Å². The molecule has 0 aliphatic carbocycles. The second-order valence-corrected chi connectivity index (χ2v) is 19.3. The number of amides is 1. The second kappa shape index (κ2) is 43.4. The lowest BCUT2D eigenvalue weighted by Gasteiger charge is -2.46. The van der Waals surface area contributed by atoms with Gasteiger partial charge in [-0.05, 0) is 83.5 Å². The number of carbonyl (C=O) groups is 1. The van der Waals surface area contributed by atoms with Gasteiger partial charge in [0.05, 0.1) is 32.0 Å². The van der Waals surface area contributed by atoms with Crippen LogP contribution in [0.5, 0.6) is 0 Å². The molecule has 14 heteroatoms. The van der Waals surface area contributed by atoms with E-state index in [2.05, 4.69) is 92.1 Å². The molecule has 0 aromatic rings. The van der Waals surface area contributed by atoms with E-state index >= 15 is 0 Å². The second-order valence-electron chi connectivity index (χ2n) is 19.3. The molecule has 0 spiro atoms. The zero-order valence-corrected chi connectivity index (χ0v) is 44.1. The van der Waals surface area contributed by atoms with Gasteiger partial charge < -0.3 is 65.1 Å². The van der Waals surface area contributed by atoms with Gasteiger partial charge in [0.2, 0.25) is 5.91 Å². The molecule has 1 amide bonds. The van der Waals surface area contributed by atoms with Gasteiger partial charge in [-0.3, -0.25) is 4.79 Å².